The second kappa shape index (κ2) is 5.08. The highest BCUT2D eigenvalue weighted by Gasteiger charge is 2.23. The number of nitrogens with zero attached hydrogens (tertiary/aromatic N) is 3. The molecule has 0 amide bonds. The average molecular weight is 261 g/mol. The standard InChI is InChI=1S/C8H15N5O3S/c1-7-11-8(12-16-7)6-10-17(14,15)13-4-2-9-3-5-13/h9-10H,2-6H2,1H3. The topological polar surface area (TPSA) is 100 Å². The molecule has 1 aromatic rings. The number of hydrogen-bond acceptors (Lipinski definition) is 6. The van der Waals surface area contributed by atoms with Gasteiger partial charge in [0.25, 0.3) is 10.2 Å². The summed E-state index contributed by atoms with van der Waals surface area (Å²) in [6, 6.07) is 0. The molecular weight excluding hydrogens is 246 g/mol. The molecule has 2 heterocycles. The van der Waals surface area contributed by atoms with E-state index in [1.54, 1.807) is 6.92 Å². The van der Waals surface area contributed by atoms with Crippen LogP contribution in [-0.2, 0) is 16.8 Å². The quantitative estimate of drug-likeness (QED) is 0.692. The molecule has 9 heteroatoms. The zero-order chi connectivity index (χ0) is 12.3. The maximum absolute atomic E-state index is 11.9. The van der Waals surface area contributed by atoms with Crippen LogP contribution < -0.4 is 10.0 Å². The minimum Gasteiger partial charge on any atom is -0.340 e. The van der Waals surface area contributed by atoms with Crippen molar-refractivity contribution in [1.82, 2.24) is 24.5 Å². The van der Waals surface area contributed by atoms with Crippen molar-refractivity contribution >= 4 is 10.2 Å². The van der Waals surface area contributed by atoms with E-state index >= 15 is 0 Å². The molecule has 1 aromatic heterocycles. The SMILES string of the molecule is Cc1nc(CNS(=O)(=O)N2CCNCC2)no1. The lowest BCUT2D eigenvalue weighted by atomic mass is 10.4. The molecule has 0 aliphatic carbocycles. The fraction of sp³-hybridized carbons (Fsp3) is 0.750. The summed E-state index contributed by atoms with van der Waals surface area (Å²) in [5, 5.41) is 6.71. The normalized spacial score (nSPS) is 18.4. The third kappa shape index (κ3) is 3.22. The Kier molecular flexibility index (Phi) is 3.72. The summed E-state index contributed by atoms with van der Waals surface area (Å²) in [5.74, 6) is 0.752. The molecular formula is C8H15N5O3S. The van der Waals surface area contributed by atoms with Gasteiger partial charge in [0.15, 0.2) is 5.82 Å². The van der Waals surface area contributed by atoms with Gasteiger partial charge in [-0.1, -0.05) is 5.16 Å². The van der Waals surface area contributed by atoms with Crippen LogP contribution in [0, 0.1) is 6.92 Å². The van der Waals surface area contributed by atoms with E-state index < -0.39 is 10.2 Å². The highest BCUT2D eigenvalue weighted by molar-refractivity contribution is 7.87. The van der Waals surface area contributed by atoms with Crippen molar-refractivity contribution in [2.24, 2.45) is 0 Å². The number of nitrogens with one attached hydrogen (secondary N) is 2. The van der Waals surface area contributed by atoms with Crippen LogP contribution in [0.2, 0.25) is 0 Å². The Morgan fingerprint density at radius 3 is 2.76 bits per heavy atom. The summed E-state index contributed by atoms with van der Waals surface area (Å²) < 4.78 is 32.3. The molecule has 0 spiro atoms. The molecule has 2 rings (SSSR count). The molecule has 96 valence electrons. The molecule has 1 aliphatic rings. The Hall–Kier alpha value is -1.03. The lowest BCUT2D eigenvalue weighted by Gasteiger charge is -2.26. The zero-order valence-corrected chi connectivity index (χ0v) is 10.3. The van der Waals surface area contributed by atoms with Gasteiger partial charge in [0, 0.05) is 33.1 Å². The second-order valence-corrected chi connectivity index (χ2v) is 5.46. The summed E-state index contributed by atoms with van der Waals surface area (Å²) in [7, 11) is -3.45. The first-order valence-electron chi connectivity index (χ1n) is 5.32. The number of hydrogen-bond donors (Lipinski definition) is 2. The van der Waals surface area contributed by atoms with Gasteiger partial charge in [-0.2, -0.15) is 22.4 Å². The Bertz CT molecular complexity index is 465. The molecule has 1 aliphatic heterocycles. The van der Waals surface area contributed by atoms with Gasteiger partial charge < -0.3 is 9.84 Å². The third-order valence-corrected chi connectivity index (χ3v) is 3.95. The van der Waals surface area contributed by atoms with Gasteiger partial charge in [0.1, 0.15) is 0 Å². The predicted octanol–water partition coefficient (Wildman–Crippen LogP) is -1.38. The Balaban J connectivity index is 1.92. The van der Waals surface area contributed by atoms with Crippen molar-refractivity contribution in [3.05, 3.63) is 11.7 Å². The maximum atomic E-state index is 11.9. The molecule has 0 bridgehead atoms. The molecule has 2 N–H and O–H groups in total. The molecule has 0 radical (unpaired) electrons. The Labute approximate surface area is 99.6 Å². The van der Waals surface area contributed by atoms with Gasteiger partial charge in [-0.15, -0.1) is 0 Å². The van der Waals surface area contributed by atoms with Gasteiger partial charge in [-0.25, -0.2) is 0 Å². The first kappa shape index (κ1) is 12.4. The summed E-state index contributed by atoms with van der Waals surface area (Å²) in [4.78, 5) is 3.92. The van der Waals surface area contributed by atoms with Crippen LogP contribution in [0.3, 0.4) is 0 Å². The summed E-state index contributed by atoms with van der Waals surface area (Å²) in [6.45, 7) is 3.98. The van der Waals surface area contributed by atoms with Gasteiger partial charge in [0.2, 0.25) is 5.89 Å². The zero-order valence-electron chi connectivity index (χ0n) is 9.51. The van der Waals surface area contributed by atoms with E-state index in [-0.39, 0.29) is 6.54 Å². The second-order valence-electron chi connectivity index (χ2n) is 3.70. The molecule has 1 saturated heterocycles. The molecule has 0 aromatic carbocycles. The monoisotopic (exact) mass is 261 g/mol. The van der Waals surface area contributed by atoms with Crippen molar-refractivity contribution in [3.63, 3.8) is 0 Å². The van der Waals surface area contributed by atoms with E-state index in [0.717, 1.165) is 0 Å². The van der Waals surface area contributed by atoms with Gasteiger partial charge in [-0.3, -0.25) is 0 Å². The maximum Gasteiger partial charge on any atom is 0.279 e. The van der Waals surface area contributed by atoms with Crippen LogP contribution in [0.4, 0.5) is 0 Å². The highest BCUT2D eigenvalue weighted by Crippen LogP contribution is 2.01. The Morgan fingerprint density at radius 1 is 1.47 bits per heavy atom. The van der Waals surface area contributed by atoms with Crippen LogP contribution in [0.25, 0.3) is 0 Å². The molecule has 17 heavy (non-hydrogen) atoms. The van der Waals surface area contributed by atoms with E-state index in [1.165, 1.54) is 4.31 Å². The average Bonchev–Trinajstić information content (AvgIpc) is 2.74. The number of rotatable bonds is 4. The smallest absolute Gasteiger partial charge is 0.279 e. The van der Waals surface area contributed by atoms with E-state index in [9.17, 15) is 8.42 Å². The lowest BCUT2D eigenvalue weighted by molar-refractivity contribution is 0.353. The van der Waals surface area contributed by atoms with Crippen LogP contribution in [0.15, 0.2) is 4.52 Å². The van der Waals surface area contributed by atoms with Gasteiger partial charge >= 0.3 is 0 Å². The molecule has 0 atom stereocenters. The van der Waals surface area contributed by atoms with Gasteiger partial charge in [0.05, 0.1) is 6.54 Å². The molecule has 8 nitrogen and oxygen atoms in total. The van der Waals surface area contributed by atoms with Crippen molar-refractivity contribution in [3.8, 4) is 0 Å². The Morgan fingerprint density at radius 2 is 2.18 bits per heavy atom. The fourth-order valence-corrected chi connectivity index (χ4v) is 2.70. The fourth-order valence-electron chi connectivity index (χ4n) is 1.54. The van der Waals surface area contributed by atoms with E-state index in [2.05, 4.69) is 20.2 Å². The van der Waals surface area contributed by atoms with Crippen molar-refractivity contribution in [1.29, 1.82) is 0 Å². The van der Waals surface area contributed by atoms with Crippen LogP contribution in [0.5, 0.6) is 0 Å². The lowest BCUT2D eigenvalue weighted by Crippen LogP contribution is -2.50. The van der Waals surface area contributed by atoms with E-state index in [1.807, 2.05) is 0 Å². The van der Waals surface area contributed by atoms with Crippen molar-refractivity contribution < 1.29 is 12.9 Å². The van der Waals surface area contributed by atoms with E-state index in [4.69, 9.17) is 4.52 Å². The first-order chi connectivity index (χ1) is 8.08. The van der Waals surface area contributed by atoms with Crippen molar-refractivity contribution in [2.75, 3.05) is 26.2 Å². The van der Waals surface area contributed by atoms with E-state index in [0.29, 0.717) is 37.9 Å². The van der Waals surface area contributed by atoms with Gasteiger partial charge in [-0.05, 0) is 0 Å². The van der Waals surface area contributed by atoms with Crippen molar-refractivity contribution in [2.45, 2.75) is 13.5 Å². The first-order valence-corrected chi connectivity index (χ1v) is 6.76. The predicted molar refractivity (Wildman–Crippen MR) is 59.2 cm³/mol. The largest absolute Gasteiger partial charge is 0.340 e. The number of piperazine rings is 1. The van der Waals surface area contributed by atoms with Crippen LogP contribution in [-0.4, -0.2) is 49.0 Å². The molecule has 0 saturated carbocycles. The summed E-state index contributed by atoms with van der Waals surface area (Å²) in [5.41, 5.74) is 0. The van der Waals surface area contributed by atoms with Crippen LogP contribution >= 0.6 is 0 Å². The molecule has 0 unspecified atom stereocenters. The number of aromatic nitrogens is 2. The molecule has 1 fully saturated rings. The minimum atomic E-state index is -3.45. The minimum absolute atomic E-state index is 0.0452. The summed E-state index contributed by atoms with van der Waals surface area (Å²) in [6.07, 6.45) is 0. The highest BCUT2D eigenvalue weighted by atomic mass is 32.2. The van der Waals surface area contributed by atoms with Crippen LogP contribution in [0.1, 0.15) is 11.7 Å². The third-order valence-electron chi connectivity index (χ3n) is 2.40. The number of aryl methyl sites for hydroxylation is 1. The summed E-state index contributed by atoms with van der Waals surface area (Å²) >= 11 is 0.